The van der Waals surface area contributed by atoms with E-state index in [4.69, 9.17) is 10.5 Å². The Labute approximate surface area is 297 Å². The van der Waals surface area contributed by atoms with Crippen LogP contribution in [0.1, 0.15) is 39.0 Å². The SMILES string of the molecule is C[C@H](N)C(=O)N(C)[C@@H](C)[C@H](NC(=O)[C@H](C)NC(=O)N[C@@H](Cc1c[nH]c2ccccc12)C(=O)O)C(=O)NCC1CC(O)C(n2ccc(=O)n(C)c2=O)O1. The number of nitrogens with two attached hydrogens (primary N) is 1. The van der Waals surface area contributed by atoms with E-state index in [0.29, 0.717) is 5.56 Å². The van der Waals surface area contributed by atoms with Crippen LogP contribution in [0.15, 0.2) is 52.3 Å². The van der Waals surface area contributed by atoms with E-state index in [1.54, 1.807) is 12.3 Å². The van der Waals surface area contributed by atoms with E-state index in [2.05, 4.69) is 26.3 Å². The van der Waals surface area contributed by atoms with Gasteiger partial charge in [0.1, 0.15) is 24.2 Å². The van der Waals surface area contributed by atoms with Gasteiger partial charge in [0.2, 0.25) is 17.7 Å². The summed E-state index contributed by atoms with van der Waals surface area (Å²) in [5, 5.41) is 31.2. The lowest BCUT2D eigenvalue weighted by atomic mass is 10.1. The van der Waals surface area contributed by atoms with Gasteiger partial charge in [0.05, 0.1) is 18.2 Å². The number of carbonyl (C=O) groups excluding carboxylic acids is 4. The van der Waals surface area contributed by atoms with E-state index in [1.807, 2.05) is 18.2 Å². The summed E-state index contributed by atoms with van der Waals surface area (Å²) in [7, 11) is 2.69. The van der Waals surface area contributed by atoms with Crippen molar-refractivity contribution in [3.63, 3.8) is 0 Å². The Morgan fingerprint density at radius 1 is 1.06 bits per heavy atom. The predicted molar refractivity (Wildman–Crippen MR) is 186 cm³/mol. The van der Waals surface area contributed by atoms with Crippen molar-refractivity contribution in [3.05, 3.63) is 69.1 Å². The Morgan fingerprint density at radius 2 is 1.75 bits per heavy atom. The number of H-pyrrole nitrogens is 1. The summed E-state index contributed by atoms with van der Waals surface area (Å²) in [5.74, 6) is -3.38. The van der Waals surface area contributed by atoms with Crippen LogP contribution in [0.5, 0.6) is 0 Å². The van der Waals surface area contributed by atoms with Gasteiger partial charge in [-0.3, -0.25) is 28.3 Å². The van der Waals surface area contributed by atoms with Crippen LogP contribution in [0.3, 0.4) is 0 Å². The Hall–Kier alpha value is -5.53. The summed E-state index contributed by atoms with van der Waals surface area (Å²) in [5.41, 5.74) is 5.99. The summed E-state index contributed by atoms with van der Waals surface area (Å²) in [4.78, 5) is 93.1. The molecule has 0 spiro atoms. The van der Waals surface area contributed by atoms with Crippen LogP contribution in [-0.2, 0) is 37.4 Å². The number of aromatic amines is 1. The Balaban J connectivity index is 1.41. The molecule has 3 heterocycles. The molecule has 19 heteroatoms. The van der Waals surface area contributed by atoms with Crippen LogP contribution in [-0.4, -0.2) is 115 Å². The third-order valence-electron chi connectivity index (χ3n) is 9.01. The largest absolute Gasteiger partial charge is 0.480 e. The molecule has 1 saturated heterocycles. The van der Waals surface area contributed by atoms with Gasteiger partial charge in [0.25, 0.3) is 5.56 Å². The van der Waals surface area contributed by atoms with Crippen molar-refractivity contribution in [1.29, 1.82) is 0 Å². The van der Waals surface area contributed by atoms with Crippen molar-refractivity contribution in [1.82, 2.24) is 40.3 Å². The number of hydrogen-bond acceptors (Lipinski definition) is 10. The first-order chi connectivity index (χ1) is 24.5. The van der Waals surface area contributed by atoms with Gasteiger partial charge >= 0.3 is 17.7 Å². The number of carboxylic acid groups (broad SMARTS) is 1. The van der Waals surface area contributed by atoms with Gasteiger partial charge in [-0.1, -0.05) is 18.2 Å². The van der Waals surface area contributed by atoms with Crippen molar-refractivity contribution in [2.45, 2.75) is 82.3 Å². The fourth-order valence-corrected chi connectivity index (χ4v) is 5.83. The highest BCUT2D eigenvalue weighted by molar-refractivity contribution is 5.93. The monoisotopic (exact) mass is 727 g/mol. The second kappa shape index (κ2) is 16.7. The average molecular weight is 728 g/mol. The molecule has 4 rings (SSSR count). The first-order valence-electron chi connectivity index (χ1n) is 16.6. The molecule has 282 valence electrons. The van der Waals surface area contributed by atoms with Crippen LogP contribution in [0.2, 0.25) is 0 Å². The van der Waals surface area contributed by atoms with E-state index in [1.165, 1.54) is 46.0 Å². The molecule has 5 amide bonds. The van der Waals surface area contributed by atoms with Crippen molar-refractivity contribution < 1.29 is 38.9 Å². The molecule has 1 fully saturated rings. The van der Waals surface area contributed by atoms with Crippen LogP contribution in [0, 0.1) is 0 Å². The predicted octanol–water partition coefficient (Wildman–Crippen LogP) is -2.14. The molecule has 1 aliphatic rings. The molecule has 3 unspecified atom stereocenters. The summed E-state index contributed by atoms with van der Waals surface area (Å²) >= 11 is 0. The first-order valence-corrected chi connectivity index (χ1v) is 16.6. The highest BCUT2D eigenvalue weighted by Gasteiger charge is 2.38. The van der Waals surface area contributed by atoms with Gasteiger partial charge in [-0.05, 0) is 32.4 Å². The number of rotatable bonds is 14. The zero-order chi connectivity index (χ0) is 38.4. The van der Waals surface area contributed by atoms with Gasteiger partial charge in [0.15, 0.2) is 6.23 Å². The lowest BCUT2D eigenvalue weighted by molar-refractivity contribution is -0.139. The van der Waals surface area contributed by atoms with E-state index in [9.17, 15) is 43.8 Å². The molecule has 0 bridgehead atoms. The number of likely N-dealkylation sites (N-methyl/N-ethyl adjacent to an activating group) is 1. The highest BCUT2D eigenvalue weighted by atomic mass is 16.5. The second-order valence-electron chi connectivity index (χ2n) is 12.9. The number of urea groups is 1. The number of carboxylic acids is 1. The maximum absolute atomic E-state index is 13.6. The summed E-state index contributed by atoms with van der Waals surface area (Å²) in [6.45, 7) is 4.13. The van der Waals surface area contributed by atoms with Crippen LogP contribution < -0.4 is 38.2 Å². The van der Waals surface area contributed by atoms with Gasteiger partial charge in [-0.15, -0.1) is 0 Å². The first kappa shape index (κ1) is 39.3. The topological polar surface area (TPSA) is 272 Å². The molecule has 2 aromatic heterocycles. The lowest BCUT2D eigenvalue weighted by Crippen LogP contribution is -2.62. The third-order valence-corrected chi connectivity index (χ3v) is 9.01. The van der Waals surface area contributed by atoms with Gasteiger partial charge < -0.3 is 51.8 Å². The number of aliphatic hydroxyl groups is 1. The number of hydrogen-bond donors (Lipinski definition) is 8. The molecule has 1 aromatic carbocycles. The molecule has 52 heavy (non-hydrogen) atoms. The molecule has 1 aliphatic heterocycles. The summed E-state index contributed by atoms with van der Waals surface area (Å²) in [6.07, 6.45) is -0.225. The molecule has 0 radical (unpaired) electrons. The van der Waals surface area contributed by atoms with Crippen LogP contribution >= 0.6 is 0 Å². The lowest BCUT2D eigenvalue weighted by Gasteiger charge is -2.33. The standard InChI is InChI=1S/C33H45N9O10/c1-16(34)29(47)40(4)18(3)26(28(46)36-15-20-13-24(43)30(52-20)42-11-10-25(44)41(5)33(42)51)39-27(45)17(2)37-32(50)38-23(31(48)49)12-19-14-35-22-9-7-6-8-21(19)22/h6-11,14,16-18,20,23-24,26,30,35,43H,12-13,15,34H2,1-5H3,(H,36,46)(H,39,45)(H,48,49)(H2,37,38,50)/t16-,17-,18-,20?,23-,24?,26-,30?/m0/s1. The summed E-state index contributed by atoms with van der Waals surface area (Å²) < 4.78 is 7.75. The zero-order valence-electron chi connectivity index (χ0n) is 29.4. The molecule has 9 N–H and O–H groups in total. The number of carbonyl (C=O) groups is 5. The number of amides is 5. The zero-order valence-corrected chi connectivity index (χ0v) is 29.4. The molecule has 19 nitrogen and oxygen atoms in total. The number of benzene rings is 1. The van der Waals surface area contributed by atoms with Crippen LogP contribution in [0.25, 0.3) is 10.9 Å². The van der Waals surface area contributed by atoms with Crippen LogP contribution in [0.4, 0.5) is 4.79 Å². The number of aliphatic hydroxyl groups excluding tert-OH is 1. The minimum atomic E-state index is -1.38. The van der Waals surface area contributed by atoms with Gasteiger partial charge in [0, 0.05) is 62.8 Å². The summed E-state index contributed by atoms with van der Waals surface area (Å²) in [6, 6.07) is 1.61. The quantitative estimate of drug-likeness (QED) is 0.0887. The second-order valence-corrected chi connectivity index (χ2v) is 12.9. The third kappa shape index (κ3) is 9.03. The number of fused-ring (bicyclic) bond motifs is 1. The minimum absolute atomic E-state index is 0.0175. The Morgan fingerprint density at radius 3 is 2.42 bits per heavy atom. The number of aromatic nitrogens is 3. The smallest absolute Gasteiger partial charge is 0.332 e. The number of para-hydroxylation sites is 1. The fourth-order valence-electron chi connectivity index (χ4n) is 5.83. The number of aliphatic carboxylic acids is 1. The van der Waals surface area contributed by atoms with E-state index in [0.717, 1.165) is 26.1 Å². The van der Waals surface area contributed by atoms with Crippen molar-refractivity contribution in [2.24, 2.45) is 12.8 Å². The average Bonchev–Trinajstić information content (AvgIpc) is 3.69. The van der Waals surface area contributed by atoms with E-state index in [-0.39, 0.29) is 19.4 Å². The number of ether oxygens (including phenoxy) is 1. The normalized spacial score (nSPS) is 19.9. The molecule has 0 aliphatic carbocycles. The Kier molecular flexibility index (Phi) is 12.6. The maximum Gasteiger partial charge on any atom is 0.332 e. The molecule has 8 atom stereocenters. The van der Waals surface area contributed by atoms with Gasteiger partial charge in [-0.25, -0.2) is 14.4 Å². The molecule has 0 saturated carbocycles. The highest BCUT2D eigenvalue weighted by Crippen LogP contribution is 2.27. The maximum atomic E-state index is 13.6. The van der Waals surface area contributed by atoms with Crippen molar-refractivity contribution in [2.75, 3.05) is 13.6 Å². The number of nitrogens with one attached hydrogen (secondary N) is 5. The molecule has 3 aromatic rings. The Bertz CT molecular complexity index is 1920. The van der Waals surface area contributed by atoms with E-state index >= 15 is 0 Å². The molecular formula is C33H45N9O10. The van der Waals surface area contributed by atoms with Crippen molar-refractivity contribution in [3.8, 4) is 0 Å². The number of nitrogens with zero attached hydrogens (tertiary/aromatic N) is 3. The fraction of sp³-hybridized carbons (Fsp3) is 0.485. The van der Waals surface area contributed by atoms with Gasteiger partial charge in [-0.2, -0.15) is 0 Å². The van der Waals surface area contributed by atoms with Crippen molar-refractivity contribution >= 4 is 40.6 Å². The molecular weight excluding hydrogens is 682 g/mol. The van der Waals surface area contributed by atoms with E-state index < -0.39 is 89.6 Å². The minimum Gasteiger partial charge on any atom is -0.480 e.